The molecule has 0 aliphatic heterocycles. The lowest BCUT2D eigenvalue weighted by Crippen LogP contribution is -2.03. The Bertz CT molecular complexity index is 1210. The van der Waals surface area contributed by atoms with Crippen LogP contribution >= 0.6 is 0 Å². The Labute approximate surface area is 189 Å². The Morgan fingerprint density at radius 2 is 1.47 bits per heavy atom. The van der Waals surface area contributed by atoms with Crippen LogP contribution in [-0.4, -0.2) is 10.4 Å². The summed E-state index contributed by atoms with van der Waals surface area (Å²) < 4.78 is 16.3. The Balaban J connectivity index is 1.38. The molecule has 1 heterocycles. The quantitative estimate of drug-likeness (QED) is 0.269. The predicted octanol–water partition coefficient (Wildman–Crippen LogP) is 6.92. The zero-order valence-corrected chi connectivity index (χ0v) is 18.7. The molecule has 0 unspecified atom stereocenters. The summed E-state index contributed by atoms with van der Waals surface area (Å²) >= 11 is 0. The largest absolute Gasteiger partial charge is 0.343 e. The van der Waals surface area contributed by atoms with Crippen molar-refractivity contribution >= 4 is 16.7 Å². The Morgan fingerprint density at radius 1 is 0.781 bits per heavy atom. The highest BCUT2D eigenvalue weighted by molar-refractivity contribution is 5.84. The van der Waals surface area contributed by atoms with Gasteiger partial charge in [-0.05, 0) is 54.5 Å². The van der Waals surface area contributed by atoms with E-state index in [-0.39, 0.29) is 5.82 Å². The molecule has 0 atom stereocenters. The third-order valence-corrected chi connectivity index (χ3v) is 6.24. The zero-order valence-electron chi connectivity index (χ0n) is 18.7. The summed E-state index contributed by atoms with van der Waals surface area (Å²) in [5, 5.41) is 1.19. The van der Waals surface area contributed by atoms with Gasteiger partial charge < -0.3 is 4.57 Å². The van der Waals surface area contributed by atoms with Crippen molar-refractivity contribution in [1.82, 2.24) is 4.57 Å². The minimum Gasteiger partial charge on any atom is -0.343 e. The van der Waals surface area contributed by atoms with Crippen LogP contribution in [0.15, 0.2) is 79.0 Å². The molecule has 0 saturated heterocycles. The fourth-order valence-electron chi connectivity index (χ4n) is 4.48. The van der Waals surface area contributed by atoms with Crippen LogP contribution in [0.25, 0.3) is 10.9 Å². The van der Waals surface area contributed by atoms with Crippen molar-refractivity contribution in [1.29, 1.82) is 0 Å². The van der Waals surface area contributed by atoms with Gasteiger partial charge in [-0.3, -0.25) is 4.79 Å². The molecule has 0 aliphatic rings. The van der Waals surface area contributed by atoms with Crippen molar-refractivity contribution in [2.45, 2.75) is 52.0 Å². The summed E-state index contributed by atoms with van der Waals surface area (Å²) in [5.74, 6) is 0.146. The molecule has 3 heteroatoms. The summed E-state index contributed by atoms with van der Waals surface area (Å²) in [5.41, 5.74) is 5.64. The summed E-state index contributed by atoms with van der Waals surface area (Å²) in [6.45, 7) is 2.66. The van der Waals surface area contributed by atoms with E-state index in [1.807, 2.05) is 24.3 Å². The standard InChI is InChI=1S/C29H30FNO/c1-2-22-10-3-4-11-23(22)18-19-26(32)14-9-13-24-20-31(29-17-8-6-15-27(24)29)21-25-12-5-7-16-28(25)30/h3-8,10-12,15-17,20H,2,9,13-14,18-19,21H2,1H3. The average molecular weight is 428 g/mol. The number of rotatable bonds is 10. The predicted molar refractivity (Wildman–Crippen MR) is 130 cm³/mol. The minimum atomic E-state index is -0.179. The molecule has 1 aromatic heterocycles. The van der Waals surface area contributed by atoms with E-state index in [1.165, 1.54) is 28.1 Å². The number of halogens is 1. The van der Waals surface area contributed by atoms with Crippen molar-refractivity contribution in [3.05, 3.63) is 107 Å². The van der Waals surface area contributed by atoms with Crippen molar-refractivity contribution in [3.63, 3.8) is 0 Å². The van der Waals surface area contributed by atoms with Crippen LogP contribution in [0.4, 0.5) is 4.39 Å². The van der Waals surface area contributed by atoms with Crippen LogP contribution in [0.3, 0.4) is 0 Å². The van der Waals surface area contributed by atoms with Gasteiger partial charge in [-0.2, -0.15) is 0 Å². The first-order chi connectivity index (χ1) is 15.7. The number of carbonyl (C=O) groups is 1. The topological polar surface area (TPSA) is 22.0 Å². The van der Waals surface area contributed by atoms with Gasteiger partial charge in [0.2, 0.25) is 0 Å². The van der Waals surface area contributed by atoms with E-state index in [2.05, 4.69) is 54.1 Å². The highest BCUT2D eigenvalue weighted by Crippen LogP contribution is 2.25. The maximum atomic E-state index is 14.2. The summed E-state index contributed by atoms with van der Waals surface area (Å²) in [6, 6.07) is 23.6. The molecule has 164 valence electrons. The molecule has 0 radical (unpaired) electrons. The van der Waals surface area contributed by atoms with E-state index in [1.54, 1.807) is 6.07 Å². The van der Waals surface area contributed by atoms with E-state index >= 15 is 0 Å². The van der Waals surface area contributed by atoms with Crippen LogP contribution in [0.2, 0.25) is 0 Å². The van der Waals surface area contributed by atoms with E-state index in [0.29, 0.717) is 30.7 Å². The molecule has 3 aromatic carbocycles. The minimum absolute atomic E-state index is 0.179. The lowest BCUT2D eigenvalue weighted by molar-refractivity contribution is -0.119. The molecule has 0 bridgehead atoms. The Kier molecular flexibility index (Phi) is 7.16. The smallest absolute Gasteiger partial charge is 0.133 e. The van der Waals surface area contributed by atoms with Gasteiger partial charge in [0.25, 0.3) is 0 Å². The number of para-hydroxylation sites is 1. The van der Waals surface area contributed by atoms with Gasteiger partial charge in [-0.1, -0.05) is 67.6 Å². The number of hydrogen-bond acceptors (Lipinski definition) is 1. The molecule has 0 saturated carbocycles. The maximum Gasteiger partial charge on any atom is 0.133 e. The number of carbonyl (C=O) groups excluding carboxylic acids is 1. The number of Topliss-reactive ketones (excluding diaryl/α,β-unsaturated/α-hetero) is 1. The SMILES string of the molecule is CCc1ccccc1CCC(=O)CCCc1cn(Cc2ccccc2F)c2ccccc12. The van der Waals surface area contributed by atoms with Gasteiger partial charge in [0.15, 0.2) is 0 Å². The molecule has 0 fully saturated rings. The van der Waals surface area contributed by atoms with Crippen molar-refractivity contribution in [2.24, 2.45) is 0 Å². The second-order valence-electron chi connectivity index (χ2n) is 8.41. The molecule has 4 rings (SSSR count). The van der Waals surface area contributed by atoms with Gasteiger partial charge in [0, 0.05) is 35.5 Å². The second-order valence-corrected chi connectivity index (χ2v) is 8.41. The summed E-state index contributed by atoms with van der Waals surface area (Å²) in [4.78, 5) is 12.5. The first-order valence-electron chi connectivity index (χ1n) is 11.5. The maximum absolute atomic E-state index is 14.2. The van der Waals surface area contributed by atoms with Crippen molar-refractivity contribution in [2.75, 3.05) is 0 Å². The van der Waals surface area contributed by atoms with E-state index in [4.69, 9.17) is 0 Å². The number of ketones is 1. The molecular formula is C29H30FNO. The fraction of sp³-hybridized carbons (Fsp3) is 0.276. The molecule has 2 nitrogen and oxygen atoms in total. The second kappa shape index (κ2) is 10.4. The van der Waals surface area contributed by atoms with Gasteiger partial charge in [-0.25, -0.2) is 4.39 Å². The van der Waals surface area contributed by atoms with Gasteiger partial charge in [0.1, 0.15) is 11.6 Å². The monoisotopic (exact) mass is 427 g/mol. The van der Waals surface area contributed by atoms with Crippen LogP contribution in [-0.2, 0) is 30.6 Å². The van der Waals surface area contributed by atoms with Crippen LogP contribution in [0.1, 0.15) is 48.4 Å². The molecule has 0 spiro atoms. The molecule has 32 heavy (non-hydrogen) atoms. The molecule has 0 amide bonds. The lowest BCUT2D eigenvalue weighted by atomic mass is 9.98. The Hall–Kier alpha value is -3.20. The number of nitrogens with zero attached hydrogens (tertiary/aromatic N) is 1. The van der Waals surface area contributed by atoms with Crippen LogP contribution in [0.5, 0.6) is 0 Å². The normalized spacial score (nSPS) is 11.2. The molecule has 0 N–H and O–H groups in total. The first kappa shape index (κ1) is 22.0. The van der Waals surface area contributed by atoms with Gasteiger partial charge in [0.05, 0.1) is 6.54 Å². The summed E-state index contributed by atoms with van der Waals surface area (Å²) in [7, 11) is 0. The fourth-order valence-corrected chi connectivity index (χ4v) is 4.48. The highest BCUT2D eigenvalue weighted by atomic mass is 19.1. The number of fused-ring (bicyclic) bond motifs is 1. The zero-order chi connectivity index (χ0) is 22.3. The van der Waals surface area contributed by atoms with Gasteiger partial charge in [-0.15, -0.1) is 0 Å². The lowest BCUT2D eigenvalue weighted by Gasteiger charge is -2.07. The first-order valence-corrected chi connectivity index (χ1v) is 11.5. The van der Waals surface area contributed by atoms with E-state index in [9.17, 15) is 9.18 Å². The summed E-state index contributed by atoms with van der Waals surface area (Å²) in [6.07, 6.45) is 6.84. The number of hydrogen-bond donors (Lipinski definition) is 0. The highest BCUT2D eigenvalue weighted by Gasteiger charge is 2.11. The van der Waals surface area contributed by atoms with Gasteiger partial charge >= 0.3 is 0 Å². The average Bonchev–Trinajstić information content (AvgIpc) is 3.17. The third-order valence-electron chi connectivity index (χ3n) is 6.24. The van der Waals surface area contributed by atoms with Crippen LogP contribution in [0, 0.1) is 5.82 Å². The number of benzene rings is 3. The molecule has 4 aromatic rings. The number of aryl methyl sites for hydroxylation is 3. The van der Waals surface area contributed by atoms with E-state index < -0.39 is 0 Å². The molecule has 0 aliphatic carbocycles. The number of aromatic nitrogens is 1. The third kappa shape index (κ3) is 5.16. The Morgan fingerprint density at radius 3 is 2.25 bits per heavy atom. The van der Waals surface area contributed by atoms with Crippen LogP contribution < -0.4 is 0 Å². The van der Waals surface area contributed by atoms with Crippen molar-refractivity contribution in [3.8, 4) is 0 Å². The van der Waals surface area contributed by atoms with E-state index in [0.717, 1.165) is 31.2 Å². The molecular weight excluding hydrogens is 397 g/mol. The van der Waals surface area contributed by atoms with Crippen molar-refractivity contribution < 1.29 is 9.18 Å².